The Bertz CT molecular complexity index is 1360. The highest BCUT2D eigenvalue weighted by molar-refractivity contribution is 5.99. The lowest BCUT2D eigenvalue weighted by Gasteiger charge is -2.09. The third kappa shape index (κ3) is 3.17. The number of nitrogens with zero attached hydrogens (tertiary/aromatic N) is 4. The van der Waals surface area contributed by atoms with Crippen LogP contribution < -0.4 is 4.74 Å². The van der Waals surface area contributed by atoms with Crippen molar-refractivity contribution in [1.82, 2.24) is 19.7 Å². The number of fused-ring (bicyclic) bond motifs is 1. The zero-order chi connectivity index (χ0) is 21.5. The van der Waals surface area contributed by atoms with Gasteiger partial charge < -0.3 is 13.8 Å². The van der Waals surface area contributed by atoms with Gasteiger partial charge in [-0.3, -0.25) is 0 Å². The van der Waals surface area contributed by atoms with Gasteiger partial charge in [-0.25, -0.2) is 9.97 Å². The summed E-state index contributed by atoms with van der Waals surface area (Å²) in [7, 11) is 3.69. The molecular weight excluding hydrogens is 388 g/mol. The molecule has 0 saturated carbocycles. The van der Waals surface area contributed by atoms with E-state index in [0.29, 0.717) is 5.88 Å². The zero-order valence-corrected chi connectivity index (χ0v) is 17.9. The van der Waals surface area contributed by atoms with E-state index >= 15 is 0 Å². The Labute approximate surface area is 180 Å². The van der Waals surface area contributed by atoms with Crippen LogP contribution in [0.2, 0.25) is 0 Å². The molecule has 0 fully saturated rings. The Balaban J connectivity index is 1.82. The summed E-state index contributed by atoms with van der Waals surface area (Å²) in [5.41, 5.74) is 7.71. The fourth-order valence-corrected chi connectivity index (χ4v) is 4.05. The number of methoxy groups -OCH3 is 1. The minimum atomic E-state index is 0.569. The SMILES string of the molecule is COc1ccc(-c2nc(-c3c(C)noc3C)cc3c2cc(-c2ccccc2)n3C)cn1. The van der Waals surface area contributed by atoms with Gasteiger partial charge in [-0.15, -0.1) is 0 Å². The van der Waals surface area contributed by atoms with Crippen molar-refractivity contribution in [2.75, 3.05) is 7.11 Å². The molecule has 6 nitrogen and oxygen atoms in total. The summed E-state index contributed by atoms with van der Waals surface area (Å²) in [5, 5.41) is 5.18. The lowest BCUT2D eigenvalue weighted by Crippen LogP contribution is -1.96. The van der Waals surface area contributed by atoms with E-state index in [2.05, 4.69) is 58.2 Å². The molecule has 1 aromatic carbocycles. The van der Waals surface area contributed by atoms with E-state index in [1.54, 1.807) is 13.3 Å². The topological polar surface area (TPSA) is 66.0 Å². The van der Waals surface area contributed by atoms with E-state index in [9.17, 15) is 0 Å². The molecule has 6 heteroatoms. The number of ether oxygens (including phenoxy) is 1. The molecule has 0 aliphatic rings. The third-order valence-electron chi connectivity index (χ3n) is 5.62. The molecular formula is C25H22N4O2. The van der Waals surface area contributed by atoms with E-state index in [0.717, 1.165) is 56.1 Å². The number of benzene rings is 1. The predicted octanol–water partition coefficient (Wildman–Crippen LogP) is 5.58. The van der Waals surface area contributed by atoms with Crippen LogP contribution in [0.4, 0.5) is 0 Å². The van der Waals surface area contributed by atoms with Crippen molar-refractivity contribution in [1.29, 1.82) is 0 Å². The molecule has 0 unspecified atom stereocenters. The quantitative estimate of drug-likeness (QED) is 0.387. The van der Waals surface area contributed by atoms with E-state index in [-0.39, 0.29) is 0 Å². The highest BCUT2D eigenvalue weighted by Crippen LogP contribution is 2.37. The number of pyridine rings is 2. The number of rotatable bonds is 4. The fraction of sp³-hybridized carbons (Fsp3) is 0.160. The average molecular weight is 410 g/mol. The second kappa shape index (κ2) is 7.40. The van der Waals surface area contributed by atoms with Gasteiger partial charge in [0.25, 0.3) is 0 Å². The molecule has 5 rings (SSSR count). The Hall–Kier alpha value is -3.93. The maximum Gasteiger partial charge on any atom is 0.212 e. The van der Waals surface area contributed by atoms with Crippen molar-refractivity contribution in [3.8, 4) is 39.7 Å². The van der Waals surface area contributed by atoms with Gasteiger partial charge in [0.05, 0.1) is 35.3 Å². The smallest absolute Gasteiger partial charge is 0.212 e. The zero-order valence-electron chi connectivity index (χ0n) is 17.9. The third-order valence-corrected chi connectivity index (χ3v) is 5.62. The van der Waals surface area contributed by atoms with Gasteiger partial charge in [-0.05, 0) is 37.6 Å². The molecule has 0 aliphatic heterocycles. The van der Waals surface area contributed by atoms with Gasteiger partial charge in [-0.2, -0.15) is 0 Å². The van der Waals surface area contributed by atoms with E-state index < -0.39 is 0 Å². The van der Waals surface area contributed by atoms with Crippen molar-refractivity contribution >= 4 is 10.9 Å². The van der Waals surface area contributed by atoms with Crippen LogP contribution >= 0.6 is 0 Å². The predicted molar refractivity (Wildman–Crippen MR) is 121 cm³/mol. The Kier molecular flexibility index (Phi) is 4.55. The van der Waals surface area contributed by atoms with Crippen LogP contribution in [0.1, 0.15) is 11.5 Å². The molecule has 5 aromatic rings. The van der Waals surface area contributed by atoms with Gasteiger partial charge in [0.15, 0.2) is 0 Å². The summed E-state index contributed by atoms with van der Waals surface area (Å²) in [6, 6.07) is 18.5. The second-order valence-corrected chi connectivity index (χ2v) is 7.53. The van der Waals surface area contributed by atoms with E-state index in [1.165, 1.54) is 0 Å². The number of hydrogen-bond donors (Lipinski definition) is 0. The van der Waals surface area contributed by atoms with Crippen molar-refractivity contribution in [2.24, 2.45) is 7.05 Å². The summed E-state index contributed by atoms with van der Waals surface area (Å²) >= 11 is 0. The summed E-state index contributed by atoms with van der Waals surface area (Å²) in [5.74, 6) is 1.32. The highest BCUT2D eigenvalue weighted by atomic mass is 16.5. The minimum absolute atomic E-state index is 0.569. The molecule has 0 spiro atoms. The Morgan fingerprint density at radius 3 is 2.42 bits per heavy atom. The fourth-order valence-electron chi connectivity index (χ4n) is 4.05. The average Bonchev–Trinajstić information content (AvgIpc) is 3.32. The van der Waals surface area contributed by atoms with Crippen LogP contribution in [0.3, 0.4) is 0 Å². The number of aryl methyl sites for hydroxylation is 3. The molecule has 0 radical (unpaired) electrons. The van der Waals surface area contributed by atoms with Gasteiger partial charge in [0.1, 0.15) is 5.76 Å². The first-order valence-electron chi connectivity index (χ1n) is 10.1. The van der Waals surface area contributed by atoms with Crippen LogP contribution in [0.15, 0.2) is 65.3 Å². The van der Waals surface area contributed by atoms with Crippen LogP contribution in [0.25, 0.3) is 44.7 Å². The van der Waals surface area contributed by atoms with Crippen LogP contribution in [-0.2, 0) is 7.05 Å². The summed E-state index contributed by atoms with van der Waals surface area (Å²) in [4.78, 5) is 9.44. The van der Waals surface area contributed by atoms with Crippen molar-refractivity contribution in [3.63, 3.8) is 0 Å². The molecule has 154 valence electrons. The lowest BCUT2D eigenvalue weighted by molar-refractivity contribution is 0.393. The summed E-state index contributed by atoms with van der Waals surface area (Å²) in [6.07, 6.45) is 1.80. The normalized spacial score (nSPS) is 11.2. The molecule has 4 heterocycles. The monoisotopic (exact) mass is 410 g/mol. The first kappa shape index (κ1) is 19.1. The van der Waals surface area contributed by atoms with Gasteiger partial charge in [-0.1, -0.05) is 35.5 Å². The first-order valence-corrected chi connectivity index (χ1v) is 10.1. The second-order valence-electron chi connectivity index (χ2n) is 7.53. The lowest BCUT2D eigenvalue weighted by atomic mass is 10.0. The highest BCUT2D eigenvalue weighted by Gasteiger charge is 2.20. The standard InChI is InChI=1S/C25H22N4O2/c1-15-24(16(2)31-28-15)20-13-22-19(12-21(29(22)3)17-8-6-5-7-9-17)25(27-20)18-10-11-23(30-4)26-14-18/h5-14H,1-4H3. The molecule has 0 aliphatic carbocycles. The Morgan fingerprint density at radius 2 is 1.77 bits per heavy atom. The first-order chi connectivity index (χ1) is 15.1. The van der Waals surface area contributed by atoms with Gasteiger partial charge in [0.2, 0.25) is 5.88 Å². The van der Waals surface area contributed by atoms with E-state index in [4.69, 9.17) is 14.2 Å². The van der Waals surface area contributed by atoms with Crippen molar-refractivity contribution < 1.29 is 9.26 Å². The van der Waals surface area contributed by atoms with E-state index in [1.807, 2.05) is 32.0 Å². The maximum absolute atomic E-state index is 5.42. The van der Waals surface area contributed by atoms with Crippen LogP contribution in [0.5, 0.6) is 5.88 Å². The molecule has 0 amide bonds. The van der Waals surface area contributed by atoms with Gasteiger partial charge >= 0.3 is 0 Å². The number of hydrogen-bond acceptors (Lipinski definition) is 5. The molecule has 0 saturated heterocycles. The minimum Gasteiger partial charge on any atom is -0.481 e. The van der Waals surface area contributed by atoms with Crippen LogP contribution in [-0.4, -0.2) is 26.8 Å². The maximum atomic E-state index is 5.42. The van der Waals surface area contributed by atoms with Crippen LogP contribution in [0, 0.1) is 13.8 Å². The largest absolute Gasteiger partial charge is 0.481 e. The Morgan fingerprint density at radius 1 is 0.968 bits per heavy atom. The van der Waals surface area contributed by atoms with Crippen molar-refractivity contribution in [3.05, 3.63) is 72.2 Å². The summed E-state index contributed by atoms with van der Waals surface area (Å²) < 4.78 is 12.9. The van der Waals surface area contributed by atoms with Gasteiger partial charge in [0, 0.05) is 36.0 Å². The number of aromatic nitrogens is 4. The molecule has 31 heavy (non-hydrogen) atoms. The molecule has 4 aromatic heterocycles. The summed E-state index contributed by atoms with van der Waals surface area (Å²) in [6.45, 7) is 3.85. The molecule has 0 atom stereocenters. The molecule has 0 N–H and O–H groups in total. The molecule has 0 bridgehead atoms. The van der Waals surface area contributed by atoms with Crippen molar-refractivity contribution in [2.45, 2.75) is 13.8 Å².